The van der Waals surface area contributed by atoms with Crippen LogP contribution in [0.15, 0.2) is 30.6 Å². The number of nitrogen functional groups attached to an aromatic ring is 1. The molecule has 1 aromatic carbocycles. The van der Waals surface area contributed by atoms with Gasteiger partial charge in [0, 0.05) is 23.0 Å². The van der Waals surface area contributed by atoms with Gasteiger partial charge in [0.2, 0.25) is 0 Å². The fraction of sp³-hybridized carbons (Fsp3) is 0. The van der Waals surface area contributed by atoms with Crippen LogP contribution in [0.5, 0.6) is 0 Å². The van der Waals surface area contributed by atoms with Gasteiger partial charge in [-0.3, -0.25) is 4.98 Å². The largest absolute Gasteiger partial charge is 0.307 e. The van der Waals surface area contributed by atoms with Crippen LogP contribution in [0, 0.1) is 5.82 Å². The van der Waals surface area contributed by atoms with E-state index in [1.807, 2.05) is 0 Å². The van der Waals surface area contributed by atoms with Crippen molar-refractivity contribution in [2.45, 2.75) is 0 Å². The molecular formula is C10H8ClFN4. The van der Waals surface area contributed by atoms with Gasteiger partial charge in [0.1, 0.15) is 11.5 Å². The van der Waals surface area contributed by atoms with Gasteiger partial charge in [-0.1, -0.05) is 11.6 Å². The average Bonchev–Trinajstić information content (AvgIpc) is 2.29. The summed E-state index contributed by atoms with van der Waals surface area (Å²) in [6.45, 7) is 0. The summed E-state index contributed by atoms with van der Waals surface area (Å²) < 4.78 is 13.6. The highest BCUT2D eigenvalue weighted by atomic mass is 35.5. The highest BCUT2D eigenvalue weighted by molar-refractivity contribution is 6.30. The third-order valence-corrected chi connectivity index (χ3v) is 2.26. The molecule has 0 saturated heterocycles. The van der Waals surface area contributed by atoms with Gasteiger partial charge in [-0.25, -0.2) is 15.2 Å². The highest BCUT2D eigenvalue weighted by Crippen LogP contribution is 2.27. The van der Waals surface area contributed by atoms with Crippen LogP contribution < -0.4 is 11.3 Å². The third kappa shape index (κ3) is 1.95. The van der Waals surface area contributed by atoms with Crippen molar-refractivity contribution in [2.24, 2.45) is 5.84 Å². The summed E-state index contributed by atoms with van der Waals surface area (Å²) in [6, 6.07) is 4.32. The topological polar surface area (TPSA) is 63.8 Å². The second-order valence-corrected chi connectivity index (χ2v) is 3.46. The van der Waals surface area contributed by atoms with Crippen molar-refractivity contribution in [3.05, 3.63) is 41.4 Å². The number of hydrazine groups is 1. The first-order chi connectivity index (χ1) is 7.72. The molecule has 0 fully saturated rings. The van der Waals surface area contributed by atoms with Crippen molar-refractivity contribution >= 4 is 17.4 Å². The quantitative estimate of drug-likeness (QED) is 0.622. The minimum Gasteiger partial charge on any atom is -0.307 e. The zero-order valence-electron chi connectivity index (χ0n) is 8.11. The molecule has 0 spiro atoms. The zero-order chi connectivity index (χ0) is 11.5. The average molecular weight is 239 g/mol. The lowest BCUT2D eigenvalue weighted by Crippen LogP contribution is -2.10. The van der Waals surface area contributed by atoms with Crippen LogP contribution in [0.2, 0.25) is 5.02 Å². The van der Waals surface area contributed by atoms with Crippen molar-refractivity contribution in [2.75, 3.05) is 5.43 Å². The standard InChI is InChI=1S/C10H8ClFN4/c11-6-1-2-7(8(12)5-6)9-10(16-13)15-4-3-14-9/h1-5H,13H2,(H,15,16). The van der Waals surface area contributed by atoms with Crippen LogP contribution >= 0.6 is 11.6 Å². The molecule has 0 atom stereocenters. The van der Waals surface area contributed by atoms with Crippen molar-refractivity contribution in [1.29, 1.82) is 0 Å². The number of halogens is 2. The number of hydrogen-bond donors (Lipinski definition) is 2. The molecule has 6 heteroatoms. The first-order valence-electron chi connectivity index (χ1n) is 4.45. The second kappa shape index (κ2) is 4.42. The lowest BCUT2D eigenvalue weighted by atomic mass is 10.1. The third-order valence-electron chi connectivity index (χ3n) is 2.02. The Labute approximate surface area is 96.3 Å². The fourth-order valence-electron chi connectivity index (χ4n) is 1.32. The van der Waals surface area contributed by atoms with E-state index >= 15 is 0 Å². The van der Waals surface area contributed by atoms with E-state index in [-0.39, 0.29) is 0 Å². The molecule has 2 aromatic rings. The Kier molecular flexibility index (Phi) is 2.98. The van der Waals surface area contributed by atoms with E-state index in [1.54, 1.807) is 6.07 Å². The number of nitrogens with two attached hydrogens (primary N) is 1. The minimum absolute atomic E-state index is 0.297. The maximum absolute atomic E-state index is 13.6. The van der Waals surface area contributed by atoms with Crippen molar-refractivity contribution < 1.29 is 4.39 Å². The Hall–Kier alpha value is -1.72. The van der Waals surface area contributed by atoms with E-state index in [0.717, 1.165) is 0 Å². The van der Waals surface area contributed by atoms with Gasteiger partial charge in [-0.05, 0) is 18.2 Å². The minimum atomic E-state index is -0.468. The van der Waals surface area contributed by atoms with Crippen LogP contribution in [0.3, 0.4) is 0 Å². The van der Waals surface area contributed by atoms with E-state index in [1.165, 1.54) is 24.5 Å². The number of nitrogens with one attached hydrogen (secondary N) is 1. The number of anilines is 1. The Bertz CT molecular complexity index is 518. The Morgan fingerprint density at radius 1 is 1.25 bits per heavy atom. The van der Waals surface area contributed by atoms with E-state index in [2.05, 4.69) is 15.4 Å². The zero-order valence-corrected chi connectivity index (χ0v) is 8.87. The van der Waals surface area contributed by atoms with E-state index in [0.29, 0.717) is 22.1 Å². The normalized spacial score (nSPS) is 10.2. The van der Waals surface area contributed by atoms with Gasteiger partial charge in [-0.15, -0.1) is 0 Å². The smallest absolute Gasteiger partial charge is 0.166 e. The summed E-state index contributed by atoms with van der Waals surface area (Å²) in [4.78, 5) is 7.96. The predicted molar refractivity (Wildman–Crippen MR) is 60.2 cm³/mol. The monoisotopic (exact) mass is 238 g/mol. The molecule has 0 aliphatic heterocycles. The number of hydrogen-bond acceptors (Lipinski definition) is 4. The lowest BCUT2D eigenvalue weighted by molar-refractivity contribution is 0.631. The first kappa shape index (κ1) is 10.8. The Morgan fingerprint density at radius 3 is 2.69 bits per heavy atom. The van der Waals surface area contributed by atoms with Crippen LogP contribution in [0.1, 0.15) is 0 Å². The first-order valence-corrected chi connectivity index (χ1v) is 4.83. The summed E-state index contributed by atoms with van der Waals surface area (Å²) in [5.41, 5.74) is 3.01. The molecule has 0 bridgehead atoms. The fourth-order valence-corrected chi connectivity index (χ4v) is 1.48. The molecular weight excluding hydrogens is 231 g/mol. The maximum atomic E-state index is 13.6. The molecule has 16 heavy (non-hydrogen) atoms. The highest BCUT2D eigenvalue weighted by Gasteiger charge is 2.11. The summed E-state index contributed by atoms with van der Waals surface area (Å²) in [7, 11) is 0. The molecule has 82 valence electrons. The second-order valence-electron chi connectivity index (χ2n) is 3.02. The molecule has 0 aliphatic carbocycles. The Morgan fingerprint density at radius 2 is 2.00 bits per heavy atom. The number of aromatic nitrogens is 2. The molecule has 3 N–H and O–H groups in total. The van der Waals surface area contributed by atoms with E-state index in [4.69, 9.17) is 17.4 Å². The molecule has 2 rings (SSSR count). The summed E-state index contributed by atoms with van der Waals surface area (Å²) >= 11 is 5.66. The van der Waals surface area contributed by atoms with Crippen LogP contribution in [0.4, 0.5) is 10.2 Å². The van der Waals surface area contributed by atoms with Gasteiger partial charge < -0.3 is 5.43 Å². The van der Waals surface area contributed by atoms with Gasteiger partial charge in [0.15, 0.2) is 5.82 Å². The molecule has 0 unspecified atom stereocenters. The predicted octanol–water partition coefficient (Wildman–Crippen LogP) is 2.22. The van der Waals surface area contributed by atoms with E-state index < -0.39 is 5.82 Å². The molecule has 0 amide bonds. The summed E-state index contributed by atoms with van der Waals surface area (Å²) in [5, 5.41) is 0.326. The SMILES string of the molecule is NNc1nccnc1-c1ccc(Cl)cc1F. The van der Waals surface area contributed by atoms with Gasteiger partial charge in [-0.2, -0.15) is 0 Å². The van der Waals surface area contributed by atoms with Crippen molar-refractivity contribution in [3.63, 3.8) is 0 Å². The van der Waals surface area contributed by atoms with Gasteiger partial charge >= 0.3 is 0 Å². The molecule has 1 heterocycles. The molecule has 4 nitrogen and oxygen atoms in total. The number of benzene rings is 1. The Balaban J connectivity index is 2.58. The molecule has 1 aromatic heterocycles. The van der Waals surface area contributed by atoms with Crippen molar-refractivity contribution in [1.82, 2.24) is 9.97 Å². The summed E-state index contributed by atoms with van der Waals surface area (Å²) in [5.74, 6) is 5.11. The van der Waals surface area contributed by atoms with Gasteiger partial charge in [0.25, 0.3) is 0 Å². The number of rotatable bonds is 2. The molecule has 0 saturated carbocycles. The lowest BCUT2D eigenvalue weighted by Gasteiger charge is -2.07. The van der Waals surface area contributed by atoms with Crippen LogP contribution in [0.25, 0.3) is 11.3 Å². The maximum Gasteiger partial charge on any atom is 0.166 e. The number of nitrogens with zero attached hydrogens (tertiary/aromatic N) is 2. The summed E-state index contributed by atoms with van der Waals surface area (Å²) in [6.07, 6.45) is 2.93. The van der Waals surface area contributed by atoms with Gasteiger partial charge in [0.05, 0.1) is 0 Å². The van der Waals surface area contributed by atoms with E-state index in [9.17, 15) is 4.39 Å². The van der Waals surface area contributed by atoms with Crippen LogP contribution in [-0.2, 0) is 0 Å². The molecule has 0 aliphatic rings. The van der Waals surface area contributed by atoms with Crippen LogP contribution in [-0.4, -0.2) is 9.97 Å². The molecule has 0 radical (unpaired) electrons. The van der Waals surface area contributed by atoms with Crippen molar-refractivity contribution in [3.8, 4) is 11.3 Å².